The normalized spacial score (nSPS) is 16.1. The Labute approximate surface area is 112 Å². The molecule has 104 valence electrons. The molecule has 0 saturated heterocycles. The summed E-state index contributed by atoms with van der Waals surface area (Å²) in [6.45, 7) is 9.10. The Morgan fingerprint density at radius 3 is 2.47 bits per heavy atom. The summed E-state index contributed by atoms with van der Waals surface area (Å²) in [4.78, 5) is 11.7. The summed E-state index contributed by atoms with van der Waals surface area (Å²) in [5.74, 6) is 0.602. The lowest BCUT2D eigenvalue weighted by Gasteiger charge is -2.19. The number of fused-ring (bicyclic) bond motifs is 1. The maximum Gasteiger partial charge on any atom is 0.412 e. The number of carbonyl (C=O) groups is 1. The van der Waals surface area contributed by atoms with Crippen LogP contribution in [0.2, 0.25) is 0 Å². The number of hydrogen-bond acceptors (Lipinski definition) is 4. The zero-order chi connectivity index (χ0) is 14.3. The van der Waals surface area contributed by atoms with Crippen LogP contribution in [0.5, 0.6) is 11.5 Å². The van der Waals surface area contributed by atoms with E-state index in [1.54, 1.807) is 18.2 Å². The number of nitrogens with one attached hydrogen (secondary N) is 1. The first-order valence-electron chi connectivity index (χ1n) is 6.17. The molecule has 0 saturated carbocycles. The van der Waals surface area contributed by atoms with E-state index in [0.29, 0.717) is 17.2 Å². The Balaban J connectivity index is 2.07. The number of anilines is 1. The highest BCUT2D eigenvalue weighted by Gasteiger charge is 2.31. The van der Waals surface area contributed by atoms with Crippen LogP contribution in [0.25, 0.3) is 0 Å². The van der Waals surface area contributed by atoms with Crippen LogP contribution in [0.4, 0.5) is 10.5 Å². The molecule has 5 heteroatoms. The fourth-order valence-electron chi connectivity index (χ4n) is 1.72. The molecular weight excluding hydrogens is 246 g/mol. The standard InChI is InChI=1S/C14H19NO4/c1-13(2,3)19-12(16)15-9-6-7-10-11(8-9)18-14(4,5)17-10/h6-8H,1-5H3,(H,15,16). The van der Waals surface area contributed by atoms with Gasteiger partial charge in [0, 0.05) is 25.6 Å². The summed E-state index contributed by atoms with van der Waals surface area (Å²) < 4.78 is 16.4. The van der Waals surface area contributed by atoms with Gasteiger partial charge in [-0.3, -0.25) is 5.32 Å². The maximum atomic E-state index is 11.7. The molecule has 0 aliphatic carbocycles. The van der Waals surface area contributed by atoms with E-state index < -0.39 is 17.5 Å². The van der Waals surface area contributed by atoms with E-state index in [4.69, 9.17) is 14.2 Å². The molecule has 1 aromatic rings. The van der Waals surface area contributed by atoms with Crippen LogP contribution in [0.15, 0.2) is 18.2 Å². The second kappa shape index (κ2) is 4.33. The predicted molar refractivity (Wildman–Crippen MR) is 71.6 cm³/mol. The second-order valence-electron chi connectivity index (χ2n) is 5.89. The highest BCUT2D eigenvalue weighted by atomic mass is 16.7. The Kier molecular flexibility index (Phi) is 3.08. The smallest absolute Gasteiger partial charge is 0.412 e. The summed E-state index contributed by atoms with van der Waals surface area (Å²) in [6, 6.07) is 5.22. The maximum absolute atomic E-state index is 11.7. The minimum atomic E-state index is -0.674. The predicted octanol–water partition coefficient (Wildman–Crippen LogP) is 3.54. The van der Waals surface area contributed by atoms with Crippen molar-refractivity contribution in [2.24, 2.45) is 0 Å². The zero-order valence-electron chi connectivity index (χ0n) is 11.9. The monoisotopic (exact) mass is 265 g/mol. The topological polar surface area (TPSA) is 56.8 Å². The first-order chi connectivity index (χ1) is 8.65. The van der Waals surface area contributed by atoms with Crippen molar-refractivity contribution < 1.29 is 19.0 Å². The highest BCUT2D eigenvalue weighted by Crippen LogP contribution is 2.40. The fraction of sp³-hybridized carbons (Fsp3) is 0.500. The molecule has 1 aliphatic heterocycles. The van der Waals surface area contributed by atoms with Gasteiger partial charge in [-0.1, -0.05) is 0 Å². The first kappa shape index (κ1) is 13.5. The van der Waals surface area contributed by atoms with E-state index in [1.165, 1.54) is 0 Å². The Bertz CT molecular complexity index is 503. The van der Waals surface area contributed by atoms with Gasteiger partial charge in [0.05, 0.1) is 0 Å². The van der Waals surface area contributed by atoms with Crippen molar-refractivity contribution in [1.29, 1.82) is 0 Å². The molecule has 1 amide bonds. The van der Waals surface area contributed by atoms with Gasteiger partial charge in [-0.25, -0.2) is 4.79 Å². The number of amides is 1. The quantitative estimate of drug-likeness (QED) is 0.843. The zero-order valence-corrected chi connectivity index (χ0v) is 11.9. The summed E-state index contributed by atoms with van der Waals surface area (Å²) in [5, 5.41) is 2.66. The number of ether oxygens (including phenoxy) is 3. The minimum Gasteiger partial charge on any atom is -0.449 e. The average Bonchev–Trinajstić information content (AvgIpc) is 2.47. The van der Waals surface area contributed by atoms with Crippen LogP contribution in [-0.2, 0) is 4.74 Å². The van der Waals surface area contributed by atoms with Crippen LogP contribution >= 0.6 is 0 Å². The summed E-state index contributed by atoms with van der Waals surface area (Å²) in [5.41, 5.74) is 0.0804. The Morgan fingerprint density at radius 1 is 1.21 bits per heavy atom. The van der Waals surface area contributed by atoms with Crippen molar-refractivity contribution in [3.05, 3.63) is 18.2 Å². The molecule has 1 aromatic carbocycles. The van der Waals surface area contributed by atoms with Gasteiger partial charge in [0.1, 0.15) is 5.60 Å². The second-order valence-corrected chi connectivity index (χ2v) is 5.89. The van der Waals surface area contributed by atoms with Gasteiger partial charge in [-0.05, 0) is 32.9 Å². The lowest BCUT2D eigenvalue weighted by atomic mass is 10.2. The lowest BCUT2D eigenvalue weighted by molar-refractivity contribution is -0.0431. The Morgan fingerprint density at radius 2 is 1.84 bits per heavy atom. The third-order valence-corrected chi connectivity index (χ3v) is 2.30. The SMILES string of the molecule is CC(C)(C)OC(=O)Nc1ccc2c(c1)OC(C)(C)O2. The first-order valence-corrected chi connectivity index (χ1v) is 6.17. The van der Waals surface area contributed by atoms with Gasteiger partial charge < -0.3 is 14.2 Å². The van der Waals surface area contributed by atoms with Gasteiger partial charge in [0.15, 0.2) is 11.5 Å². The van der Waals surface area contributed by atoms with Crippen LogP contribution in [0.3, 0.4) is 0 Å². The number of carbonyl (C=O) groups excluding carboxylic acids is 1. The van der Waals surface area contributed by atoms with Crippen LogP contribution in [0, 0.1) is 0 Å². The molecule has 1 N–H and O–H groups in total. The average molecular weight is 265 g/mol. The van der Waals surface area contributed by atoms with Crippen molar-refractivity contribution in [3.8, 4) is 11.5 Å². The van der Waals surface area contributed by atoms with Gasteiger partial charge >= 0.3 is 6.09 Å². The molecule has 19 heavy (non-hydrogen) atoms. The summed E-state index contributed by atoms with van der Waals surface area (Å²) in [7, 11) is 0. The van der Waals surface area contributed by atoms with Crippen LogP contribution in [-0.4, -0.2) is 17.5 Å². The molecule has 2 rings (SSSR count). The van der Waals surface area contributed by atoms with Gasteiger partial charge in [0.25, 0.3) is 0 Å². The molecular formula is C14H19NO4. The van der Waals surface area contributed by atoms with E-state index in [-0.39, 0.29) is 0 Å². The molecule has 5 nitrogen and oxygen atoms in total. The summed E-state index contributed by atoms with van der Waals surface area (Å²) >= 11 is 0. The number of rotatable bonds is 1. The van der Waals surface area contributed by atoms with E-state index in [0.717, 1.165) is 0 Å². The molecule has 0 unspecified atom stereocenters. The van der Waals surface area contributed by atoms with Crippen molar-refractivity contribution in [1.82, 2.24) is 0 Å². The third kappa shape index (κ3) is 3.53. The largest absolute Gasteiger partial charge is 0.449 e. The molecule has 0 spiro atoms. The van der Waals surface area contributed by atoms with E-state index in [2.05, 4.69) is 5.32 Å². The van der Waals surface area contributed by atoms with Crippen molar-refractivity contribution in [3.63, 3.8) is 0 Å². The van der Waals surface area contributed by atoms with Crippen molar-refractivity contribution in [2.45, 2.75) is 46.0 Å². The van der Waals surface area contributed by atoms with Crippen molar-refractivity contribution in [2.75, 3.05) is 5.32 Å². The molecule has 0 fully saturated rings. The van der Waals surface area contributed by atoms with E-state index >= 15 is 0 Å². The van der Waals surface area contributed by atoms with Crippen LogP contribution in [0.1, 0.15) is 34.6 Å². The third-order valence-electron chi connectivity index (χ3n) is 2.30. The number of hydrogen-bond donors (Lipinski definition) is 1. The van der Waals surface area contributed by atoms with Gasteiger partial charge in [-0.2, -0.15) is 0 Å². The molecule has 0 bridgehead atoms. The van der Waals surface area contributed by atoms with Gasteiger partial charge in [0.2, 0.25) is 5.79 Å². The molecule has 0 atom stereocenters. The fourth-order valence-corrected chi connectivity index (χ4v) is 1.72. The van der Waals surface area contributed by atoms with Crippen LogP contribution < -0.4 is 14.8 Å². The van der Waals surface area contributed by atoms with Crippen molar-refractivity contribution >= 4 is 11.8 Å². The molecule has 1 aliphatic rings. The minimum absolute atomic E-state index is 0.495. The molecule has 0 radical (unpaired) electrons. The Hall–Kier alpha value is -1.91. The molecule has 0 aromatic heterocycles. The lowest BCUT2D eigenvalue weighted by Crippen LogP contribution is -2.29. The van der Waals surface area contributed by atoms with E-state index in [1.807, 2.05) is 34.6 Å². The van der Waals surface area contributed by atoms with E-state index in [9.17, 15) is 4.79 Å². The number of benzene rings is 1. The van der Waals surface area contributed by atoms with Gasteiger partial charge in [-0.15, -0.1) is 0 Å². The molecule has 1 heterocycles. The summed E-state index contributed by atoms with van der Waals surface area (Å²) in [6.07, 6.45) is -0.495. The highest BCUT2D eigenvalue weighted by molar-refractivity contribution is 5.85.